The molecule has 2 aromatic carbocycles. The monoisotopic (exact) mass is 329 g/mol. The Balaban J connectivity index is 1.97. The van der Waals surface area contributed by atoms with Crippen molar-refractivity contribution < 1.29 is 18.8 Å². The van der Waals surface area contributed by atoms with Gasteiger partial charge in [-0.1, -0.05) is 6.07 Å². The molecule has 24 heavy (non-hydrogen) atoms. The predicted molar refractivity (Wildman–Crippen MR) is 83.9 cm³/mol. The maximum Gasteiger partial charge on any atom is 0.309 e. The number of halogens is 1. The second kappa shape index (κ2) is 6.07. The number of hydrogen-bond donors (Lipinski definition) is 1. The maximum atomic E-state index is 13.8. The van der Waals surface area contributed by atoms with Gasteiger partial charge in [0.2, 0.25) is 5.82 Å². The molecule has 0 amide bonds. The van der Waals surface area contributed by atoms with Gasteiger partial charge in [-0.3, -0.25) is 14.9 Å². The number of nitro groups is 1. The van der Waals surface area contributed by atoms with Crippen LogP contribution in [0.2, 0.25) is 0 Å². The van der Waals surface area contributed by atoms with E-state index in [-0.39, 0.29) is 12.4 Å². The lowest BCUT2D eigenvalue weighted by Crippen LogP contribution is -2.04. The molecule has 0 unspecified atom stereocenters. The zero-order valence-corrected chi connectivity index (χ0v) is 12.6. The summed E-state index contributed by atoms with van der Waals surface area (Å²) in [6.07, 6.45) is 0.132. The first-order valence-corrected chi connectivity index (χ1v) is 6.97. The predicted octanol–water partition coefficient (Wildman–Crippen LogP) is 2.99. The molecule has 0 aliphatic heterocycles. The second-order valence-corrected chi connectivity index (χ2v) is 5.11. The first kappa shape index (κ1) is 15.6. The van der Waals surface area contributed by atoms with Crippen LogP contribution in [0.5, 0.6) is 0 Å². The van der Waals surface area contributed by atoms with Crippen LogP contribution in [-0.4, -0.2) is 28.0 Å². The number of benzene rings is 2. The number of aromatic amines is 1. The highest BCUT2D eigenvalue weighted by Crippen LogP contribution is 2.26. The van der Waals surface area contributed by atoms with Crippen molar-refractivity contribution in [1.29, 1.82) is 0 Å². The van der Waals surface area contributed by atoms with E-state index < -0.39 is 16.4 Å². The molecule has 0 saturated carbocycles. The number of carbonyl (C=O) groups is 1. The van der Waals surface area contributed by atoms with E-state index in [0.717, 1.165) is 17.7 Å². The average molecular weight is 329 g/mol. The van der Waals surface area contributed by atoms with Crippen molar-refractivity contribution in [2.45, 2.75) is 6.42 Å². The molecule has 0 aliphatic rings. The number of nitro benzene ring substituents is 1. The van der Waals surface area contributed by atoms with Gasteiger partial charge in [-0.25, -0.2) is 4.98 Å². The van der Waals surface area contributed by atoms with Crippen molar-refractivity contribution >= 4 is 22.7 Å². The fourth-order valence-corrected chi connectivity index (χ4v) is 2.34. The highest BCUT2D eigenvalue weighted by atomic mass is 19.1. The lowest BCUT2D eigenvalue weighted by atomic mass is 10.1. The van der Waals surface area contributed by atoms with E-state index >= 15 is 0 Å². The Morgan fingerprint density at radius 3 is 2.79 bits per heavy atom. The molecule has 3 aromatic rings. The third-order valence-electron chi connectivity index (χ3n) is 3.54. The smallest absolute Gasteiger partial charge is 0.309 e. The summed E-state index contributed by atoms with van der Waals surface area (Å²) in [5, 5.41) is 10.7. The summed E-state index contributed by atoms with van der Waals surface area (Å²) in [7, 11) is 1.32. The molecule has 1 aromatic heterocycles. The van der Waals surface area contributed by atoms with E-state index in [1.807, 2.05) is 0 Å². The number of methoxy groups -OCH3 is 1. The van der Waals surface area contributed by atoms with E-state index in [1.54, 1.807) is 18.2 Å². The quantitative estimate of drug-likeness (QED) is 0.451. The van der Waals surface area contributed by atoms with Gasteiger partial charge < -0.3 is 9.72 Å². The number of fused-ring (bicyclic) bond motifs is 1. The SMILES string of the molecule is COC(=O)Cc1ccc2nc(-c3ccc([N+](=O)[O-])c(F)c3)[nH]c2c1. The number of hydrogen-bond acceptors (Lipinski definition) is 5. The van der Waals surface area contributed by atoms with Crippen LogP contribution in [-0.2, 0) is 16.0 Å². The molecule has 1 N–H and O–H groups in total. The van der Waals surface area contributed by atoms with Crippen LogP contribution in [0.25, 0.3) is 22.4 Å². The Kier molecular flexibility index (Phi) is 3.95. The lowest BCUT2D eigenvalue weighted by molar-refractivity contribution is -0.387. The number of ether oxygens (including phenoxy) is 1. The van der Waals surface area contributed by atoms with Crippen LogP contribution < -0.4 is 0 Å². The largest absolute Gasteiger partial charge is 0.469 e. The normalized spacial score (nSPS) is 10.8. The number of esters is 1. The Labute approximate surface area is 135 Å². The third kappa shape index (κ3) is 2.94. The summed E-state index contributed by atoms with van der Waals surface area (Å²) >= 11 is 0. The number of carbonyl (C=O) groups excluding carboxylic acids is 1. The fraction of sp³-hybridized carbons (Fsp3) is 0.125. The van der Waals surface area contributed by atoms with Gasteiger partial charge in [0.1, 0.15) is 5.82 Å². The summed E-state index contributed by atoms with van der Waals surface area (Å²) in [6.45, 7) is 0. The van der Waals surface area contributed by atoms with Gasteiger partial charge in [0.15, 0.2) is 0 Å². The molecular formula is C16H12FN3O4. The fourth-order valence-electron chi connectivity index (χ4n) is 2.34. The first-order valence-electron chi connectivity index (χ1n) is 6.97. The van der Waals surface area contributed by atoms with Gasteiger partial charge in [-0.15, -0.1) is 0 Å². The van der Waals surface area contributed by atoms with Gasteiger partial charge in [0.25, 0.3) is 0 Å². The van der Waals surface area contributed by atoms with Crippen molar-refractivity contribution in [3.05, 3.63) is 57.9 Å². The van der Waals surface area contributed by atoms with Gasteiger partial charge in [-0.05, 0) is 29.8 Å². The average Bonchev–Trinajstić information content (AvgIpc) is 2.97. The van der Waals surface area contributed by atoms with Gasteiger partial charge in [0, 0.05) is 11.6 Å². The van der Waals surface area contributed by atoms with Crippen LogP contribution in [0.3, 0.4) is 0 Å². The minimum atomic E-state index is -0.927. The van der Waals surface area contributed by atoms with Crippen LogP contribution in [0.4, 0.5) is 10.1 Å². The Morgan fingerprint density at radius 1 is 1.33 bits per heavy atom. The Bertz CT molecular complexity index is 952. The minimum absolute atomic E-state index is 0.132. The zero-order chi connectivity index (χ0) is 17.3. The molecule has 0 spiro atoms. The molecule has 0 saturated heterocycles. The molecule has 0 fully saturated rings. The number of nitrogens with one attached hydrogen (secondary N) is 1. The minimum Gasteiger partial charge on any atom is -0.469 e. The molecule has 1 heterocycles. The van der Waals surface area contributed by atoms with Crippen LogP contribution in [0.15, 0.2) is 36.4 Å². The van der Waals surface area contributed by atoms with E-state index in [2.05, 4.69) is 14.7 Å². The van der Waals surface area contributed by atoms with E-state index in [0.29, 0.717) is 22.4 Å². The Hall–Kier alpha value is -3.29. The molecule has 0 aliphatic carbocycles. The third-order valence-corrected chi connectivity index (χ3v) is 3.54. The van der Waals surface area contributed by atoms with Crippen molar-refractivity contribution in [1.82, 2.24) is 9.97 Å². The molecule has 3 rings (SSSR count). The topological polar surface area (TPSA) is 98.1 Å². The molecule has 8 heteroatoms. The van der Waals surface area contributed by atoms with E-state index in [9.17, 15) is 19.3 Å². The van der Waals surface area contributed by atoms with Crippen LogP contribution in [0.1, 0.15) is 5.56 Å². The highest BCUT2D eigenvalue weighted by Gasteiger charge is 2.16. The number of nitrogens with zero attached hydrogens (tertiary/aromatic N) is 2. The number of H-pyrrole nitrogens is 1. The number of imidazole rings is 1. The standard InChI is InChI=1S/C16H12FN3O4/c1-24-15(21)7-9-2-4-12-13(6-9)19-16(18-12)10-3-5-14(20(22)23)11(17)8-10/h2-6,8H,7H2,1H3,(H,18,19). The van der Waals surface area contributed by atoms with Crippen molar-refractivity contribution in [2.75, 3.05) is 7.11 Å². The van der Waals surface area contributed by atoms with Gasteiger partial charge in [0.05, 0.1) is 29.5 Å². The van der Waals surface area contributed by atoms with Crippen molar-refractivity contribution in [2.24, 2.45) is 0 Å². The van der Waals surface area contributed by atoms with Crippen LogP contribution in [0, 0.1) is 15.9 Å². The molecule has 122 valence electrons. The van der Waals surface area contributed by atoms with Crippen molar-refractivity contribution in [3.63, 3.8) is 0 Å². The highest BCUT2D eigenvalue weighted by molar-refractivity contribution is 5.82. The first-order chi connectivity index (χ1) is 11.5. The van der Waals surface area contributed by atoms with E-state index in [1.165, 1.54) is 13.2 Å². The summed E-state index contributed by atoms with van der Waals surface area (Å²) in [5.74, 6) is -0.898. The van der Waals surface area contributed by atoms with Crippen LogP contribution >= 0.6 is 0 Å². The van der Waals surface area contributed by atoms with Crippen molar-refractivity contribution in [3.8, 4) is 11.4 Å². The van der Waals surface area contributed by atoms with Gasteiger partial charge in [-0.2, -0.15) is 4.39 Å². The molecule has 0 atom stereocenters. The number of rotatable bonds is 4. The summed E-state index contributed by atoms with van der Waals surface area (Å²) < 4.78 is 18.4. The number of aromatic nitrogens is 2. The molecule has 0 radical (unpaired) electrons. The second-order valence-electron chi connectivity index (χ2n) is 5.11. The maximum absolute atomic E-state index is 13.8. The summed E-state index contributed by atoms with van der Waals surface area (Å²) in [6, 6.07) is 8.82. The molecule has 7 nitrogen and oxygen atoms in total. The van der Waals surface area contributed by atoms with E-state index in [4.69, 9.17) is 0 Å². The lowest BCUT2D eigenvalue weighted by Gasteiger charge is -1.99. The Morgan fingerprint density at radius 2 is 2.12 bits per heavy atom. The molecule has 0 bridgehead atoms. The molecular weight excluding hydrogens is 317 g/mol. The van der Waals surface area contributed by atoms with Gasteiger partial charge >= 0.3 is 11.7 Å². The summed E-state index contributed by atoms with van der Waals surface area (Å²) in [4.78, 5) is 28.6. The summed E-state index contributed by atoms with van der Waals surface area (Å²) in [5.41, 5.74) is 1.86. The zero-order valence-electron chi connectivity index (χ0n) is 12.6.